The Kier molecular flexibility index (Phi) is 3.97. The fourth-order valence-corrected chi connectivity index (χ4v) is 3.34. The summed E-state index contributed by atoms with van der Waals surface area (Å²) in [6.45, 7) is 6.14. The first-order chi connectivity index (χ1) is 8.48. The largest absolute Gasteiger partial charge is 0.480 e. The number of nitrogens with zero attached hydrogens (tertiary/aromatic N) is 1. The molecule has 0 aromatic heterocycles. The van der Waals surface area contributed by atoms with Gasteiger partial charge in [-0.05, 0) is 51.1 Å². The number of aliphatic carboxylic acids is 1. The molecule has 4 nitrogen and oxygen atoms in total. The van der Waals surface area contributed by atoms with Crippen molar-refractivity contribution in [1.29, 1.82) is 0 Å². The van der Waals surface area contributed by atoms with Crippen LogP contribution in [0.3, 0.4) is 0 Å². The average molecular weight is 254 g/mol. The molecule has 4 heteroatoms. The van der Waals surface area contributed by atoms with Gasteiger partial charge in [-0.3, -0.25) is 4.79 Å². The zero-order chi connectivity index (χ0) is 13.3. The van der Waals surface area contributed by atoms with Crippen LogP contribution in [0.2, 0.25) is 0 Å². The zero-order valence-electron chi connectivity index (χ0n) is 11.8. The molecule has 0 aliphatic heterocycles. The van der Waals surface area contributed by atoms with E-state index in [9.17, 15) is 9.90 Å². The zero-order valence-corrected chi connectivity index (χ0v) is 11.8. The van der Waals surface area contributed by atoms with Crippen molar-refractivity contribution in [3.8, 4) is 0 Å². The minimum Gasteiger partial charge on any atom is -0.480 e. The molecular formula is C14H26N2O2. The Balaban J connectivity index is 1.91. The minimum atomic E-state index is -0.681. The normalized spacial score (nSPS) is 39.2. The van der Waals surface area contributed by atoms with Gasteiger partial charge in [-0.25, -0.2) is 0 Å². The van der Waals surface area contributed by atoms with Gasteiger partial charge in [0, 0.05) is 12.6 Å². The number of carboxylic acids is 1. The summed E-state index contributed by atoms with van der Waals surface area (Å²) in [5, 5.41) is 12.6. The van der Waals surface area contributed by atoms with Crippen molar-refractivity contribution in [3.05, 3.63) is 0 Å². The highest BCUT2D eigenvalue weighted by Crippen LogP contribution is 2.40. The lowest BCUT2D eigenvalue weighted by Gasteiger charge is -2.28. The van der Waals surface area contributed by atoms with E-state index in [2.05, 4.69) is 24.2 Å². The first-order valence-corrected chi connectivity index (χ1v) is 7.17. The monoisotopic (exact) mass is 254 g/mol. The van der Waals surface area contributed by atoms with Gasteiger partial charge in [0.2, 0.25) is 0 Å². The Bertz CT molecular complexity index is 321. The molecule has 2 aliphatic rings. The van der Waals surface area contributed by atoms with Crippen LogP contribution in [0.4, 0.5) is 0 Å². The second-order valence-corrected chi connectivity index (χ2v) is 6.23. The van der Waals surface area contributed by atoms with E-state index < -0.39 is 11.5 Å². The van der Waals surface area contributed by atoms with E-state index in [1.54, 1.807) is 0 Å². The third-order valence-corrected chi connectivity index (χ3v) is 4.83. The van der Waals surface area contributed by atoms with E-state index in [4.69, 9.17) is 0 Å². The summed E-state index contributed by atoms with van der Waals surface area (Å²) in [6, 6.07) is 0.424. The second-order valence-electron chi connectivity index (χ2n) is 6.23. The third kappa shape index (κ3) is 2.69. The fraction of sp³-hybridized carbons (Fsp3) is 0.929. The van der Waals surface area contributed by atoms with E-state index >= 15 is 0 Å². The summed E-state index contributed by atoms with van der Waals surface area (Å²) < 4.78 is 0. The average Bonchev–Trinajstić information content (AvgIpc) is 2.83. The smallest absolute Gasteiger partial charge is 0.323 e. The van der Waals surface area contributed by atoms with Crippen LogP contribution in [-0.4, -0.2) is 47.7 Å². The topological polar surface area (TPSA) is 52.6 Å². The van der Waals surface area contributed by atoms with Crippen LogP contribution < -0.4 is 5.32 Å². The summed E-state index contributed by atoms with van der Waals surface area (Å²) in [6.07, 6.45) is 3.84. The quantitative estimate of drug-likeness (QED) is 0.755. The van der Waals surface area contributed by atoms with E-state index in [0.29, 0.717) is 6.04 Å². The Morgan fingerprint density at radius 2 is 2.22 bits per heavy atom. The van der Waals surface area contributed by atoms with Gasteiger partial charge < -0.3 is 15.3 Å². The van der Waals surface area contributed by atoms with Crippen LogP contribution >= 0.6 is 0 Å². The Hall–Kier alpha value is -0.610. The molecule has 0 bridgehead atoms. The number of carboxylic acid groups (broad SMARTS) is 1. The molecule has 18 heavy (non-hydrogen) atoms. The van der Waals surface area contributed by atoms with Crippen LogP contribution in [0.15, 0.2) is 0 Å². The molecule has 4 unspecified atom stereocenters. The van der Waals surface area contributed by atoms with E-state index in [-0.39, 0.29) is 0 Å². The van der Waals surface area contributed by atoms with Crippen LogP contribution in [0.5, 0.6) is 0 Å². The predicted molar refractivity (Wildman–Crippen MR) is 71.6 cm³/mol. The van der Waals surface area contributed by atoms with Crippen molar-refractivity contribution in [1.82, 2.24) is 10.2 Å². The first-order valence-electron chi connectivity index (χ1n) is 7.17. The van der Waals surface area contributed by atoms with E-state index in [0.717, 1.165) is 44.2 Å². The summed E-state index contributed by atoms with van der Waals surface area (Å²) in [4.78, 5) is 13.9. The number of nitrogens with one attached hydrogen (secondary N) is 1. The highest BCUT2D eigenvalue weighted by Gasteiger charge is 2.46. The third-order valence-electron chi connectivity index (χ3n) is 4.83. The lowest BCUT2D eigenvalue weighted by molar-refractivity contribution is -0.144. The van der Waals surface area contributed by atoms with Crippen molar-refractivity contribution in [3.63, 3.8) is 0 Å². The summed E-state index contributed by atoms with van der Waals surface area (Å²) in [5.41, 5.74) is -0.678. The maximum atomic E-state index is 11.5. The van der Waals surface area contributed by atoms with E-state index in [1.807, 2.05) is 6.92 Å². The van der Waals surface area contributed by atoms with Crippen molar-refractivity contribution in [2.24, 2.45) is 11.8 Å². The van der Waals surface area contributed by atoms with Gasteiger partial charge in [-0.2, -0.15) is 0 Å². The molecule has 0 heterocycles. The molecule has 0 amide bonds. The first kappa shape index (κ1) is 13.8. The molecule has 0 spiro atoms. The van der Waals surface area contributed by atoms with Gasteiger partial charge >= 0.3 is 5.97 Å². The lowest BCUT2D eigenvalue weighted by Crippen LogP contribution is -2.51. The molecule has 2 fully saturated rings. The lowest BCUT2D eigenvalue weighted by atomic mass is 9.97. The van der Waals surface area contributed by atoms with Crippen LogP contribution in [0.25, 0.3) is 0 Å². The summed E-state index contributed by atoms with van der Waals surface area (Å²) >= 11 is 0. The van der Waals surface area contributed by atoms with Crippen molar-refractivity contribution < 1.29 is 9.90 Å². The number of rotatable bonds is 6. The van der Waals surface area contributed by atoms with Gasteiger partial charge in [-0.1, -0.05) is 13.8 Å². The standard InChI is InChI=1S/C14H26N2O2/c1-4-15-14(13(17)18)6-5-12(8-14)16(3)9-11-7-10(11)2/h10-12,15H,4-9H2,1-3H3,(H,17,18). The second kappa shape index (κ2) is 5.17. The Morgan fingerprint density at radius 3 is 2.72 bits per heavy atom. The summed E-state index contributed by atoms with van der Waals surface area (Å²) in [7, 11) is 2.15. The summed E-state index contributed by atoms with van der Waals surface area (Å²) in [5.74, 6) is 1.03. The molecule has 0 radical (unpaired) electrons. The molecule has 2 N–H and O–H groups in total. The van der Waals surface area contributed by atoms with Gasteiger partial charge in [-0.15, -0.1) is 0 Å². The molecule has 2 aliphatic carbocycles. The van der Waals surface area contributed by atoms with Crippen LogP contribution in [-0.2, 0) is 4.79 Å². The number of likely N-dealkylation sites (N-methyl/N-ethyl adjacent to an activating group) is 1. The van der Waals surface area contributed by atoms with Crippen LogP contribution in [0, 0.1) is 11.8 Å². The number of carbonyl (C=O) groups is 1. The molecule has 0 aromatic carbocycles. The van der Waals surface area contributed by atoms with Gasteiger partial charge in [0.1, 0.15) is 5.54 Å². The molecule has 2 rings (SSSR count). The molecule has 2 saturated carbocycles. The van der Waals surface area contributed by atoms with Crippen molar-refractivity contribution in [2.75, 3.05) is 20.1 Å². The fourth-order valence-electron chi connectivity index (χ4n) is 3.34. The Labute approximate surface area is 110 Å². The predicted octanol–water partition coefficient (Wildman–Crippen LogP) is 1.56. The van der Waals surface area contributed by atoms with E-state index in [1.165, 1.54) is 6.42 Å². The van der Waals surface area contributed by atoms with Crippen molar-refractivity contribution >= 4 is 5.97 Å². The minimum absolute atomic E-state index is 0.424. The van der Waals surface area contributed by atoms with Gasteiger partial charge in [0.05, 0.1) is 0 Å². The molecule has 4 atom stereocenters. The van der Waals surface area contributed by atoms with Crippen molar-refractivity contribution in [2.45, 2.75) is 51.1 Å². The molecule has 0 saturated heterocycles. The number of hydrogen-bond acceptors (Lipinski definition) is 3. The Morgan fingerprint density at radius 1 is 1.56 bits per heavy atom. The maximum Gasteiger partial charge on any atom is 0.323 e. The maximum absolute atomic E-state index is 11.5. The molecule has 104 valence electrons. The SMILES string of the molecule is CCNC1(C(=O)O)CCC(N(C)CC2CC2C)C1. The molecular weight excluding hydrogens is 228 g/mol. The van der Waals surface area contributed by atoms with Crippen LogP contribution in [0.1, 0.15) is 39.5 Å². The highest BCUT2D eigenvalue weighted by molar-refractivity contribution is 5.79. The molecule has 0 aromatic rings. The van der Waals surface area contributed by atoms with Gasteiger partial charge in [0.15, 0.2) is 0 Å². The van der Waals surface area contributed by atoms with Gasteiger partial charge in [0.25, 0.3) is 0 Å². The number of hydrogen-bond donors (Lipinski definition) is 2. The highest BCUT2D eigenvalue weighted by atomic mass is 16.4.